The number of nitrogens with one attached hydrogen (secondary N) is 1. The third-order valence-electron chi connectivity index (χ3n) is 6.06. The van der Waals surface area contributed by atoms with Crippen LogP contribution in [0, 0.1) is 5.92 Å². The first-order chi connectivity index (χ1) is 14.6. The fraction of sp³-hybridized carbons (Fsp3) is 0.360. The van der Waals surface area contributed by atoms with Crippen LogP contribution in [0.5, 0.6) is 5.75 Å². The predicted octanol–water partition coefficient (Wildman–Crippen LogP) is 4.84. The van der Waals surface area contributed by atoms with Crippen LogP contribution in [-0.4, -0.2) is 17.6 Å². The minimum absolute atomic E-state index is 0.00641. The molecule has 0 aliphatic heterocycles. The van der Waals surface area contributed by atoms with Crippen LogP contribution in [0.25, 0.3) is 10.1 Å². The lowest BCUT2D eigenvalue weighted by molar-refractivity contribution is 0.0950. The lowest BCUT2D eigenvalue weighted by Gasteiger charge is -2.22. The first kappa shape index (κ1) is 20.6. The number of rotatable bonds is 6. The summed E-state index contributed by atoms with van der Waals surface area (Å²) in [5.74, 6) is 0.427. The lowest BCUT2D eigenvalue weighted by Crippen LogP contribution is -2.24. The zero-order valence-electron chi connectivity index (χ0n) is 17.2. The smallest absolute Gasteiger partial charge is 0.255 e. The molecule has 3 aromatic rings. The van der Waals surface area contributed by atoms with E-state index in [1.807, 2.05) is 12.1 Å². The number of hydrogen-bond acceptors (Lipinski definition) is 4. The molecular weight excluding hydrogens is 394 g/mol. The summed E-state index contributed by atoms with van der Waals surface area (Å²) in [6.45, 7) is 2.76. The van der Waals surface area contributed by atoms with E-state index in [2.05, 4.69) is 18.3 Å². The van der Waals surface area contributed by atoms with Gasteiger partial charge in [0.2, 0.25) is 0 Å². The first-order valence-electron chi connectivity index (χ1n) is 10.7. The number of aryl methyl sites for hydroxylation is 1. The second-order valence-electron chi connectivity index (χ2n) is 8.06. The maximum Gasteiger partial charge on any atom is 0.255 e. The Kier molecular flexibility index (Phi) is 6.18. The molecule has 2 N–H and O–H groups in total. The SMILES string of the molecule is CCC1CCc2c(sc3cc(CCCNC(=O)c4ccccc4O)ccc3c2=O)C1. The van der Waals surface area contributed by atoms with Crippen molar-refractivity contribution in [2.45, 2.75) is 45.4 Å². The molecule has 0 saturated carbocycles. The van der Waals surface area contributed by atoms with Gasteiger partial charge in [-0.05, 0) is 67.9 Å². The van der Waals surface area contributed by atoms with Crippen LogP contribution in [0.15, 0.2) is 47.3 Å². The molecule has 1 unspecified atom stereocenters. The van der Waals surface area contributed by atoms with Crippen molar-refractivity contribution in [2.75, 3.05) is 6.54 Å². The molecule has 0 fully saturated rings. The van der Waals surface area contributed by atoms with Gasteiger partial charge in [0.05, 0.1) is 5.56 Å². The summed E-state index contributed by atoms with van der Waals surface area (Å²) >= 11 is 1.78. The van der Waals surface area contributed by atoms with Crippen LogP contribution in [0.4, 0.5) is 0 Å². The van der Waals surface area contributed by atoms with Crippen molar-refractivity contribution in [2.24, 2.45) is 5.92 Å². The third kappa shape index (κ3) is 4.26. The number of phenols is 1. The van der Waals surface area contributed by atoms with Gasteiger partial charge in [-0.25, -0.2) is 0 Å². The van der Waals surface area contributed by atoms with Crippen molar-refractivity contribution >= 4 is 27.3 Å². The quantitative estimate of drug-likeness (QED) is 0.560. The molecule has 0 radical (unpaired) electrons. The summed E-state index contributed by atoms with van der Waals surface area (Å²) in [4.78, 5) is 26.4. The molecule has 4 nitrogen and oxygen atoms in total. The molecule has 0 spiro atoms. The Hall–Kier alpha value is -2.66. The van der Waals surface area contributed by atoms with Crippen LogP contribution in [0.2, 0.25) is 0 Å². The average molecular weight is 422 g/mol. The van der Waals surface area contributed by atoms with Gasteiger partial charge in [-0.3, -0.25) is 9.59 Å². The Morgan fingerprint density at radius 1 is 1.23 bits per heavy atom. The van der Waals surface area contributed by atoms with Crippen LogP contribution in [-0.2, 0) is 19.3 Å². The van der Waals surface area contributed by atoms with E-state index in [1.54, 1.807) is 29.5 Å². The summed E-state index contributed by atoms with van der Waals surface area (Å²) in [5, 5.41) is 13.5. The van der Waals surface area contributed by atoms with E-state index in [-0.39, 0.29) is 17.1 Å². The minimum Gasteiger partial charge on any atom is -0.507 e. The highest BCUT2D eigenvalue weighted by Crippen LogP contribution is 2.32. The highest BCUT2D eigenvalue weighted by molar-refractivity contribution is 7.18. The van der Waals surface area contributed by atoms with E-state index in [4.69, 9.17) is 0 Å². The molecule has 1 aliphatic carbocycles. The Morgan fingerprint density at radius 3 is 2.87 bits per heavy atom. The molecule has 2 aromatic carbocycles. The number of phenolic OH excluding ortho intramolecular Hbond substituents is 1. The molecule has 1 heterocycles. The van der Waals surface area contributed by atoms with Crippen molar-refractivity contribution in [1.29, 1.82) is 0 Å². The number of benzene rings is 2. The van der Waals surface area contributed by atoms with Gasteiger partial charge in [0, 0.05) is 27.1 Å². The van der Waals surface area contributed by atoms with Crippen molar-refractivity contribution in [3.05, 3.63) is 74.3 Å². The summed E-state index contributed by atoms with van der Waals surface area (Å²) in [5.41, 5.74) is 2.73. The highest BCUT2D eigenvalue weighted by atomic mass is 32.1. The molecule has 156 valence electrons. The number of para-hydroxylation sites is 1. The zero-order valence-corrected chi connectivity index (χ0v) is 18.1. The van der Waals surface area contributed by atoms with Crippen LogP contribution >= 0.6 is 11.3 Å². The van der Waals surface area contributed by atoms with Gasteiger partial charge < -0.3 is 10.4 Å². The third-order valence-corrected chi connectivity index (χ3v) is 7.28. The minimum atomic E-state index is -0.262. The van der Waals surface area contributed by atoms with Gasteiger partial charge in [0.25, 0.3) is 5.91 Å². The molecule has 1 aliphatic rings. The maximum absolute atomic E-state index is 12.9. The van der Waals surface area contributed by atoms with E-state index in [9.17, 15) is 14.7 Å². The standard InChI is InChI=1S/C25H27NO3S/c1-2-16-9-11-19-22(14-16)30-23-15-17(10-12-20(23)24(19)28)6-5-13-26-25(29)18-7-3-4-8-21(18)27/h3-4,7-8,10,12,15-16,27H,2,5-6,9,11,13-14H2,1H3,(H,26,29). The van der Waals surface area contributed by atoms with Crippen molar-refractivity contribution in [3.63, 3.8) is 0 Å². The van der Waals surface area contributed by atoms with E-state index >= 15 is 0 Å². The molecule has 4 rings (SSSR count). The maximum atomic E-state index is 12.9. The van der Waals surface area contributed by atoms with Crippen LogP contribution < -0.4 is 10.7 Å². The summed E-state index contributed by atoms with van der Waals surface area (Å²) < 4.78 is 1.08. The van der Waals surface area contributed by atoms with Crippen molar-refractivity contribution in [1.82, 2.24) is 5.32 Å². The van der Waals surface area contributed by atoms with Gasteiger partial charge in [0.1, 0.15) is 5.75 Å². The summed E-state index contributed by atoms with van der Waals surface area (Å²) in [7, 11) is 0. The number of hydrogen-bond donors (Lipinski definition) is 2. The summed E-state index contributed by atoms with van der Waals surface area (Å²) in [6.07, 6.45) is 5.86. The van der Waals surface area contributed by atoms with E-state index < -0.39 is 0 Å². The Balaban J connectivity index is 1.42. The second-order valence-corrected chi connectivity index (χ2v) is 9.19. The van der Waals surface area contributed by atoms with Gasteiger partial charge in [0.15, 0.2) is 5.43 Å². The van der Waals surface area contributed by atoms with Crippen LogP contribution in [0.3, 0.4) is 0 Å². The first-order valence-corrected chi connectivity index (χ1v) is 11.5. The Labute approximate surface area is 180 Å². The molecule has 1 aromatic heterocycles. The monoisotopic (exact) mass is 421 g/mol. The van der Waals surface area contributed by atoms with Gasteiger partial charge in [-0.15, -0.1) is 11.3 Å². The van der Waals surface area contributed by atoms with Crippen LogP contribution in [0.1, 0.15) is 52.5 Å². The normalized spacial score (nSPS) is 15.7. The number of carbonyl (C=O) groups excluding carboxylic acids is 1. The fourth-order valence-electron chi connectivity index (χ4n) is 4.21. The Morgan fingerprint density at radius 2 is 2.07 bits per heavy atom. The number of fused-ring (bicyclic) bond motifs is 2. The van der Waals surface area contributed by atoms with Gasteiger partial charge in [-0.2, -0.15) is 0 Å². The molecule has 1 amide bonds. The van der Waals surface area contributed by atoms with E-state index in [0.29, 0.717) is 18.0 Å². The number of amides is 1. The average Bonchev–Trinajstić information content (AvgIpc) is 2.76. The second kappa shape index (κ2) is 9.00. The Bertz CT molecular complexity index is 1130. The number of aromatic hydroxyl groups is 1. The molecule has 1 atom stereocenters. The van der Waals surface area contributed by atoms with E-state index in [1.165, 1.54) is 22.9 Å². The predicted molar refractivity (Wildman–Crippen MR) is 123 cm³/mol. The fourth-order valence-corrected chi connectivity index (χ4v) is 5.60. The molecule has 5 heteroatoms. The lowest BCUT2D eigenvalue weighted by atomic mass is 9.86. The van der Waals surface area contributed by atoms with E-state index in [0.717, 1.165) is 47.8 Å². The zero-order chi connectivity index (χ0) is 21.1. The largest absolute Gasteiger partial charge is 0.507 e. The van der Waals surface area contributed by atoms with Crippen molar-refractivity contribution < 1.29 is 9.90 Å². The van der Waals surface area contributed by atoms with Gasteiger partial charge in [-0.1, -0.05) is 31.5 Å². The molecular formula is C25H27NO3S. The topological polar surface area (TPSA) is 66.4 Å². The number of carbonyl (C=O) groups is 1. The summed E-state index contributed by atoms with van der Waals surface area (Å²) in [6, 6.07) is 12.7. The molecule has 0 saturated heterocycles. The molecule has 30 heavy (non-hydrogen) atoms. The van der Waals surface area contributed by atoms with Crippen molar-refractivity contribution in [3.8, 4) is 5.75 Å². The van der Waals surface area contributed by atoms with Gasteiger partial charge >= 0.3 is 0 Å². The highest BCUT2D eigenvalue weighted by Gasteiger charge is 2.21. The molecule has 0 bridgehead atoms.